The molecule has 1 aliphatic rings. The molecule has 0 spiro atoms. The van der Waals surface area contributed by atoms with Crippen LogP contribution < -0.4 is 10.1 Å². The zero-order chi connectivity index (χ0) is 15.2. The Balaban J connectivity index is 2.07. The number of nitrogens with zero attached hydrogens (tertiary/aromatic N) is 2. The highest BCUT2D eigenvalue weighted by Crippen LogP contribution is 2.30. The molecule has 1 aliphatic carbocycles. The highest BCUT2D eigenvalue weighted by atomic mass is 19.1. The lowest BCUT2D eigenvalue weighted by molar-refractivity contribution is 0.170. The molecule has 2 rings (SSSR count). The summed E-state index contributed by atoms with van der Waals surface area (Å²) in [4.78, 5) is 0. The van der Waals surface area contributed by atoms with Gasteiger partial charge in [0.1, 0.15) is 17.7 Å². The van der Waals surface area contributed by atoms with Crippen LogP contribution in [0.2, 0.25) is 0 Å². The van der Waals surface area contributed by atoms with Crippen molar-refractivity contribution in [3.63, 3.8) is 0 Å². The first-order chi connectivity index (χ1) is 10.1. The Hall–Kier alpha value is -2.60. The van der Waals surface area contributed by atoms with E-state index in [1.807, 2.05) is 0 Å². The average molecular weight is 289 g/mol. The van der Waals surface area contributed by atoms with Crippen LogP contribution in [0.3, 0.4) is 0 Å². The van der Waals surface area contributed by atoms with Gasteiger partial charge in [-0.15, -0.1) is 0 Å². The van der Waals surface area contributed by atoms with E-state index in [1.165, 1.54) is 0 Å². The van der Waals surface area contributed by atoms with E-state index in [0.29, 0.717) is 12.5 Å². The molecule has 108 valence electrons. The topological polar surface area (TPSA) is 68.8 Å². The summed E-state index contributed by atoms with van der Waals surface area (Å²) in [6.07, 6.45) is 4.27. The minimum atomic E-state index is -0.819. The summed E-state index contributed by atoms with van der Waals surface area (Å²) in [6.45, 7) is 0.313. The normalized spacial score (nSPS) is 13.5. The minimum Gasteiger partial charge on any atom is -0.487 e. The maximum atomic E-state index is 13.8. The first kappa shape index (κ1) is 14.8. The van der Waals surface area contributed by atoms with E-state index >= 15 is 0 Å². The van der Waals surface area contributed by atoms with Gasteiger partial charge in [-0.05, 0) is 18.8 Å². The van der Waals surface area contributed by atoms with Crippen molar-refractivity contribution in [2.75, 3.05) is 11.9 Å². The molecule has 0 atom stereocenters. The van der Waals surface area contributed by atoms with Crippen LogP contribution in [0.1, 0.15) is 19.3 Å². The predicted octanol–water partition coefficient (Wildman–Crippen LogP) is 3.49. The number of benzene rings is 1. The molecule has 0 amide bonds. The SMILES string of the molecule is N#CC(C#N)=CNc1cc(F)c(OCC2CCC2)c(F)c1. The second-order valence-corrected chi connectivity index (χ2v) is 4.80. The van der Waals surface area contributed by atoms with Crippen molar-refractivity contribution in [2.45, 2.75) is 19.3 Å². The average Bonchev–Trinajstić information content (AvgIpc) is 2.41. The standard InChI is InChI=1S/C15H13F2N3O/c16-13-4-12(20-8-11(6-18)7-19)5-14(17)15(13)21-9-10-2-1-3-10/h4-5,8,10,20H,1-3,9H2. The van der Waals surface area contributed by atoms with Crippen LogP contribution in [0.15, 0.2) is 23.9 Å². The largest absolute Gasteiger partial charge is 0.487 e. The number of nitriles is 2. The summed E-state index contributed by atoms with van der Waals surface area (Å²) >= 11 is 0. The van der Waals surface area contributed by atoms with Crippen molar-refractivity contribution in [1.29, 1.82) is 10.5 Å². The quantitative estimate of drug-likeness (QED) is 0.842. The molecule has 0 heterocycles. The molecule has 0 bridgehead atoms. The molecule has 1 aromatic carbocycles. The molecule has 4 nitrogen and oxygen atoms in total. The van der Waals surface area contributed by atoms with E-state index in [9.17, 15) is 8.78 Å². The van der Waals surface area contributed by atoms with Crippen LogP contribution in [-0.4, -0.2) is 6.61 Å². The second-order valence-electron chi connectivity index (χ2n) is 4.80. The Bertz CT molecular complexity index is 600. The number of ether oxygens (including phenoxy) is 1. The van der Waals surface area contributed by atoms with Gasteiger partial charge < -0.3 is 10.1 Å². The van der Waals surface area contributed by atoms with E-state index in [1.54, 1.807) is 12.1 Å². The van der Waals surface area contributed by atoms with Crippen LogP contribution in [0.4, 0.5) is 14.5 Å². The molecule has 6 heteroatoms. The number of allylic oxidation sites excluding steroid dienone is 1. The Labute approximate surface area is 121 Å². The van der Waals surface area contributed by atoms with Gasteiger partial charge in [-0.2, -0.15) is 10.5 Å². The molecule has 1 aromatic rings. The van der Waals surface area contributed by atoms with Gasteiger partial charge in [-0.3, -0.25) is 0 Å². The maximum Gasteiger partial charge on any atom is 0.190 e. The van der Waals surface area contributed by atoms with Crippen LogP contribution in [0.25, 0.3) is 0 Å². The van der Waals surface area contributed by atoms with Crippen molar-refractivity contribution >= 4 is 5.69 Å². The van der Waals surface area contributed by atoms with E-state index < -0.39 is 17.4 Å². The third-order valence-corrected chi connectivity index (χ3v) is 3.31. The molecule has 1 fully saturated rings. The second kappa shape index (κ2) is 6.71. The number of hydrogen-bond donors (Lipinski definition) is 1. The van der Waals surface area contributed by atoms with Crippen LogP contribution in [0.5, 0.6) is 5.75 Å². The predicted molar refractivity (Wildman–Crippen MR) is 72.1 cm³/mol. The molecule has 0 saturated heterocycles. The van der Waals surface area contributed by atoms with Gasteiger partial charge >= 0.3 is 0 Å². The molecular formula is C15H13F2N3O. The summed E-state index contributed by atoms with van der Waals surface area (Å²) in [5, 5.41) is 19.6. The smallest absolute Gasteiger partial charge is 0.190 e. The monoisotopic (exact) mass is 289 g/mol. The lowest BCUT2D eigenvalue weighted by Crippen LogP contribution is -2.20. The third kappa shape index (κ3) is 3.70. The van der Waals surface area contributed by atoms with Crippen LogP contribution in [0, 0.1) is 40.2 Å². The summed E-state index contributed by atoms with van der Waals surface area (Å²) in [5.74, 6) is -1.66. The van der Waals surface area contributed by atoms with Gasteiger partial charge in [-0.25, -0.2) is 8.78 Å². The summed E-state index contributed by atoms with van der Waals surface area (Å²) in [5.41, 5.74) is -0.0925. The Kier molecular flexibility index (Phi) is 4.73. The van der Waals surface area contributed by atoms with Crippen LogP contribution in [-0.2, 0) is 0 Å². The van der Waals surface area contributed by atoms with E-state index in [-0.39, 0.29) is 11.3 Å². The number of hydrogen-bond acceptors (Lipinski definition) is 4. The summed E-state index contributed by atoms with van der Waals surface area (Å²) in [7, 11) is 0. The van der Waals surface area contributed by atoms with Crippen molar-refractivity contribution in [2.24, 2.45) is 5.92 Å². The lowest BCUT2D eigenvalue weighted by Gasteiger charge is -2.25. The third-order valence-electron chi connectivity index (χ3n) is 3.31. The summed E-state index contributed by atoms with van der Waals surface area (Å²) < 4.78 is 32.8. The zero-order valence-corrected chi connectivity index (χ0v) is 11.2. The summed E-state index contributed by atoms with van der Waals surface area (Å²) in [6, 6.07) is 5.38. The highest BCUT2D eigenvalue weighted by molar-refractivity contribution is 5.52. The molecule has 1 N–H and O–H groups in total. The highest BCUT2D eigenvalue weighted by Gasteiger charge is 2.20. The molecule has 0 aliphatic heterocycles. The van der Waals surface area contributed by atoms with E-state index in [2.05, 4.69) is 5.32 Å². The number of rotatable bonds is 5. The number of halogens is 2. The van der Waals surface area contributed by atoms with Crippen molar-refractivity contribution in [1.82, 2.24) is 0 Å². The van der Waals surface area contributed by atoms with Crippen molar-refractivity contribution in [3.05, 3.63) is 35.5 Å². The molecule has 0 unspecified atom stereocenters. The molecular weight excluding hydrogens is 276 g/mol. The minimum absolute atomic E-state index is 0.101. The van der Waals surface area contributed by atoms with E-state index in [4.69, 9.17) is 15.3 Å². The van der Waals surface area contributed by atoms with Gasteiger partial charge in [0.25, 0.3) is 0 Å². The fraction of sp³-hybridized carbons (Fsp3) is 0.333. The number of nitrogens with one attached hydrogen (secondary N) is 1. The number of anilines is 1. The molecule has 21 heavy (non-hydrogen) atoms. The first-order valence-electron chi connectivity index (χ1n) is 6.52. The maximum absolute atomic E-state index is 13.8. The Morgan fingerprint density at radius 3 is 2.38 bits per heavy atom. The van der Waals surface area contributed by atoms with Gasteiger partial charge in [0, 0.05) is 24.0 Å². The first-order valence-corrected chi connectivity index (χ1v) is 6.52. The lowest BCUT2D eigenvalue weighted by atomic mass is 9.86. The fourth-order valence-electron chi connectivity index (χ4n) is 1.89. The van der Waals surface area contributed by atoms with Crippen molar-refractivity contribution in [3.8, 4) is 17.9 Å². The van der Waals surface area contributed by atoms with Crippen molar-refractivity contribution < 1.29 is 13.5 Å². The van der Waals surface area contributed by atoms with Gasteiger partial charge in [0.2, 0.25) is 0 Å². The molecule has 0 radical (unpaired) electrons. The zero-order valence-electron chi connectivity index (χ0n) is 11.2. The fourth-order valence-corrected chi connectivity index (χ4v) is 1.89. The molecule has 0 aromatic heterocycles. The van der Waals surface area contributed by atoms with E-state index in [0.717, 1.165) is 37.6 Å². The Morgan fingerprint density at radius 1 is 1.29 bits per heavy atom. The van der Waals surface area contributed by atoms with Gasteiger partial charge in [0.15, 0.2) is 17.4 Å². The van der Waals surface area contributed by atoms with Crippen LogP contribution >= 0.6 is 0 Å². The van der Waals surface area contributed by atoms with Gasteiger partial charge in [0.05, 0.1) is 6.61 Å². The van der Waals surface area contributed by atoms with Gasteiger partial charge in [-0.1, -0.05) is 6.42 Å². The Morgan fingerprint density at radius 2 is 1.90 bits per heavy atom. The molecule has 1 saturated carbocycles.